The van der Waals surface area contributed by atoms with E-state index in [0.29, 0.717) is 17.0 Å². The lowest BCUT2D eigenvalue weighted by molar-refractivity contribution is 0.194. The van der Waals surface area contributed by atoms with Gasteiger partial charge >= 0.3 is 0 Å². The van der Waals surface area contributed by atoms with Crippen LogP contribution in [0.5, 0.6) is 0 Å². The summed E-state index contributed by atoms with van der Waals surface area (Å²) in [7, 11) is 0. The zero-order valence-electron chi connectivity index (χ0n) is 12.3. The van der Waals surface area contributed by atoms with Gasteiger partial charge in [-0.2, -0.15) is 0 Å². The Labute approximate surface area is 122 Å². The van der Waals surface area contributed by atoms with Gasteiger partial charge in [0, 0.05) is 11.8 Å². The summed E-state index contributed by atoms with van der Waals surface area (Å²) in [6.07, 6.45) is 0.620. The van der Waals surface area contributed by atoms with Gasteiger partial charge in [-0.05, 0) is 38.5 Å². The third-order valence-corrected chi connectivity index (χ3v) is 3.65. The van der Waals surface area contributed by atoms with Crippen molar-refractivity contribution in [2.75, 3.05) is 0 Å². The van der Waals surface area contributed by atoms with Gasteiger partial charge < -0.3 is 5.11 Å². The first-order valence-electron chi connectivity index (χ1n) is 6.90. The van der Waals surface area contributed by atoms with E-state index in [1.807, 2.05) is 26.0 Å². The van der Waals surface area contributed by atoms with E-state index in [4.69, 9.17) is 0 Å². The summed E-state index contributed by atoms with van der Waals surface area (Å²) in [6, 6.07) is 9.08. The fourth-order valence-corrected chi connectivity index (χ4v) is 2.71. The van der Waals surface area contributed by atoms with Gasteiger partial charge in [0.25, 0.3) is 0 Å². The third kappa shape index (κ3) is 2.32. The van der Waals surface area contributed by atoms with Crippen LogP contribution in [0.1, 0.15) is 29.8 Å². The molecule has 1 atom stereocenters. The standard InChI is InChI=1S/C17H17FN2O/c1-10-4-6-14(11(2)8-10)16-17(12(3)21)20-9-13(18)5-7-15(20)19-16/h4-9,12,21H,1-3H3. The van der Waals surface area contributed by atoms with Crippen molar-refractivity contribution in [1.82, 2.24) is 9.38 Å². The van der Waals surface area contributed by atoms with E-state index < -0.39 is 6.10 Å². The molecule has 3 aromatic rings. The van der Waals surface area contributed by atoms with Gasteiger partial charge in [-0.3, -0.25) is 4.40 Å². The molecule has 0 saturated carbocycles. The number of pyridine rings is 1. The highest BCUT2D eigenvalue weighted by atomic mass is 19.1. The molecule has 0 aliphatic heterocycles. The Morgan fingerprint density at radius 3 is 2.62 bits per heavy atom. The van der Waals surface area contributed by atoms with Crippen molar-refractivity contribution < 1.29 is 9.50 Å². The van der Waals surface area contributed by atoms with E-state index >= 15 is 0 Å². The van der Waals surface area contributed by atoms with Crippen LogP contribution in [0, 0.1) is 19.7 Å². The third-order valence-electron chi connectivity index (χ3n) is 3.65. The lowest BCUT2D eigenvalue weighted by Crippen LogP contribution is -2.00. The summed E-state index contributed by atoms with van der Waals surface area (Å²) >= 11 is 0. The largest absolute Gasteiger partial charge is 0.387 e. The SMILES string of the molecule is Cc1ccc(-c2nc3ccc(F)cn3c2C(C)O)c(C)c1. The summed E-state index contributed by atoms with van der Waals surface area (Å²) in [6.45, 7) is 5.71. The van der Waals surface area contributed by atoms with Crippen LogP contribution in [0.2, 0.25) is 0 Å². The number of aliphatic hydroxyl groups excluding tert-OH is 1. The first-order chi connectivity index (χ1) is 9.97. The van der Waals surface area contributed by atoms with Gasteiger partial charge in [0.2, 0.25) is 0 Å². The number of hydrogen-bond acceptors (Lipinski definition) is 2. The topological polar surface area (TPSA) is 37.5 Å². The van der Waals surface area contributed by atoms with Gasteiger partial charge in [-0.1, -0.05) is 23.8 Å². The number of rotatable bonds is 2. The second-order valence-corrected chi connectivity index (χ2v) is 5.42. The molecule has 0 spiro atoms. The van der Waals surface area contributed by atoms with Crippen molar-refractivity contribution in [1.29, 1.82) is 0 Å². The maximum atomic E-state index is 13.5. The van der Waals surface area contributed by atoms with Crippen LogP contribution in [0.4, 0.5) is 4.39 Å². The molecule has 3 rings (SSSR count). The average molecular weight is 284 g/mol. The van der Waals surface area contributed by atoms with E-state index in [9.17, 15) is 9.50 Å². The van der Waals surface area contributed by atoms with E-state index in [1.165, 1.54) is 17.8 Å². The monoisotopic (exact) mass is 284 g/mol. The Balaban J connectivity index is 2.34. The fourth-order valence-electron chi connectivity index (χ4n) is 2.71. The maximum absolute atomic E-state index is 13.5. The van der Waals surface area contributed by atoms with Crippen LogP contribution >= 0.6 is 0 Å². The molecule has 1 aromatic carbocycles. The zero-order valence-corrected chi connectivity index (χ0v) is 12.3. The number of aryl methyl sites for hydroxylation is 2. The number of fused-ring (bicyclic) bond motifs is 1. The van der Waals surface area contributed by atoms with Gasteiger partial charge in [-0.25, -0.2) is 9.37 Å². The van der Waals surface area contributed by atoms with Gasteiger partial charge in [0.15, 0.2) is 0 Å². The minimum Gasteiger partial charge on any atom is -0.387 e. The molecule has 4 heteroatoms. The van der Waals surface area contributed by atoms with Crippen LogP contribution < -0.4 is 0 Å². The first-order valence-corrected chi connectivity index (χ1v) is 6.90. The Hall–Kier alpha value is -2.20. The Morgan fingerprint density at radius 1 is 1.19 bits per heavy atom. The molecule has 3 nitrogen and oxygen atoms in total. The number of imidazole rings is 1. The molecule has 0 amide bonds. The minimum absolute atomic E-state index is 0.353. The number of aliphatic hydroxyl groups is 1. The van der Waals surface area contributed by atoms with Crippen molar-refractivity contribution >= 4 is 5.65 Å². The molecular weight excluding hydrogens is 267 g/mol. The van der Waals surface area contributed by atoms with Gasteiger partial charge in [0.1, 0.15) is 11.5 Å². The van der Waals surface area contributed by atoms with E-state index in [0.717, 1.165) is 11.1 Å². The first kappa shape index (κ1) is 13.8. The van der Waals surface area contributed by atoms with Crippen molar-refractivity contribution in [2.45, 2.75) is 26.9 Å². The van der Waals surface area contributed by atoms with E-state index in [-0.39, 0.29) is 5.82 Å². The number of benzene rings is 1. The molecule has 21 heavy (non-hydrogen) atoms. The zero-order chi connectivity index (χ0) is 15.1. The fraction of sp³-hybridized carbons (Fsp3) is 0.235. The minimum atomic E-state index is -0.738. The quantitative estimate of drug-likeness (QED) is 0.777. The van der Waals surface area contributed by atoms with E-state index in [1.54, 1.807) is 17.4 Å². The maximum Gasteiger partial charge on any atom is 0.139 e. The molecule has 2 aromatic heterocycles. The molecule has 0 aliphatic rings. The molecule has 0 saturated heterocycles. The number of aromatic nitrogens is 2. The molecule has 1 N–H and O–H groups in total. The number of hydrogen-bond donors (Lipinski definition) is 1. The molecule has 2 heterocycles. The van der Waals surface area contributed by atoms with Crippen molar-refractivity contribution in [2.24, 2.45) is 0 Å². The molecule has 0 radical (unpaired) electrons. The van der Waals surface area contributed by atoms with Gasteiger partial charge in [0.05, 0.1) is 17.5 Å². The highest BCUT2D eigenvalue weighted by Gasteiger charge is 2.19. The smallest absolute Gasteiger partial charge is 0.139 e. The lowest BCUT2D eigenvalue weighted by atomic mass is 10.0. The molecule has 0 aliphatic carbocycles. The summed E-state index contributed by atoms with van der Waals surface area (Å²) < 4.78 is 15.1. The number of halogens is 1. The highest BCUT2D eigenvalue weighted by Crippen LogP contribution is 2.31. The molecule has 0 bridgehead atoms. The van der Waals surface area contributed by atoms with Crippen molar-refractivity contribution in [3.63, 3.8) is 0 Å². The summed E-state index contributed by atoms with van der Waals surface area (Å²) in [4.78, 5) is 4.57. The van der Waals surface area contributed by atoms with Crippen LogP contribution in [-0.2, 0) is 0 Å². The Morgan fingerprint density at radius 2 is 1.95 bits per heavy atom. The average Bonchev–Trinajstić information content (AvgIpc) is 2.76. The normalized spacial score (nSPS) is 12.8. The highest BCUT2D eigenvalue weighted by molar-refractivity contribution is 5.70. The summed E-state index contributed by atoms with van der Waals surface area (Å²) in [5.74, 6) is -0.353. The molecule has 1 unspecified atom stereocenters. The summed E-state index contributed by atoms with van der Waals surface area (Å²) in [5.41, 5.74) is 5.15. The van der Waals surface area contributed by atoms with Crippen LogP contribution in [0.3, 0.4) is 0 Å². The molecular formula is C17H17FN2O. The second-order valence-electron chi connectivity index (χ2n) is 5.42. The molecule has 108 valence electrons. The van der Waals surface area contributed by atoms with Crippen molar-refractivity contribution in [3.05, 3.63) is 59.2 Å². The predicted octanol–water partition coefficient (Wildman–Crippen LogP) is 3.81. The predicted molar refractivity (Wildman–Crippen MR) is 80.7 cm³/mol. The van der Waals surface area contributed by atoms with Crippen LogP contribution in [-0.4, -0.2) is 14.5 Å². The Bertz CT molecular complexity index is 821. The molecule has 0 fully saturated rings. The van der Waals surface area contributed by atoms with E-state index in [2.05, 4.69) is 11.1 Å². The van der Waals surface area contributed by atoms with Crippen LogP contribution in [0.15, 0.2) is 36.5 Å². The summed E-state index contributed by atoms with van der Waals surface area (Å²) in [5, 5.41) is 10.1. The Kier molecular flexibility index (Phi) is 3.26. The lowest BCUT2D eigenvalue weighted by Gasteiger charge is -2.10. The van der Waals surface area contributed by atoms with Crippen LogP contribution in [0.25, 0.3) is 16.9 Å². The van der Waals surface area contributed by atoms with Gasteiger partial charge in [-0.15, -0.1) is 0 Å². The van der Waals surface area contributed by atoms with Crippen molar-refractivity contribution in [3.8, 4) is 11.3 Å². The second kappa shape index (κ2) is 4.97. The number of nitrogens with zero attached hydrogens (tertiary/aromatic N) is 2.